The van der Waals surface area contributed by atoms with Gasteiger partial charge < -0.3 is 19.5 Å². The number of ether oxygens (including phenoxy) is 3. The molecule has 20 heavy (non-hydrogen) atoms. The van der Waals surface area contributed by atoms with Crippen molar-refractivity contribution in [2.24, 2.45) is 0 Å². The van der Waals surface area contributed by atoms with Crippen LogP contribution in [-0.4, -0.2) is 39.6 Å². The van der Waals surface area contributed by atoms with E-state index in [4.69, 9.17) is 14.2 Å². The highest BCUT2D eigenvalue weighted by Gasteiger charge is 2.05. The molecule has 114 valence electrons. The molecule has 1 aromatic carbocycles. The predicted molar refractivity (Wildman–Crippen MR) is 76.6 cm³/mol. The maximum absolute atomic E-state index is 13.8. The van der Waals surface area contributed by atoms with Crippen LogP contribution in [0.1, 0.15) is 19.4 Å². The van der Waals surface area contributed by atoms with E-state index in [1.54, 1.807) is 13.2 Å². The molecular formula is C15H24FNO3. The second-order valence-electron chi connectivity index (χ2n) is 4.70. The van der Waals surface area contributed by atoms with E-state index in [-0.39, 0.29) is 17.7 Å². The van der Waals surface area contributed by atoms with Gasteiger partial charge in [-0.1, -0.05) is 6.07 Å². The molecule has 5 heteroatoms. The topological polar surface area (TPSA) is 39.7 Å². The van der Waals surface area contributed by atoms with Gasteiger partial charge in [0.1, 0.15) is 6.61 Å². The number of hydrogen-bond donors (Lipinski definition) is 1. The average molecular weight is 285 g/mol. The number of rotatable bonds is 10. The van der Waals surface area contributed by atoms with Crippen LogP contribution >= 0.6 is 0 Å². The van der Waals surface area contributed by atoms with E-state index < -0.39 is 0 Å². The lowest BCUT2D eigenvalue weighted by atomic mass is 10.2. The zero-order chi connectivity index (χ0) is 14.8. The quantitative estimate of drug-likeness (QED) is 0.670. The standard InChI is InChI=1S/C15H24FNO3/c1-12(2)19-8-9-20-15-5-4-13(10-14(15)16)11-17-6-7-18-3/h4-5,10,12,17H,6-9,11H2,1-3H3. The molecule has 0 aromatic heterocycles. The average Bonchev–Trinajstić information content (AvgIpc) is 2.41. The second kappa shape index (κ2) is 9.69. The Hall–Kier alpha value is -1.17. The van der Waals surface area contributed by atoms with Gasteiger partial charge in [0, 0.05) is 20.2 Å². The Bertz CT molecular complexity index is 385. The number of methoxy groups -OCH3 is 1. The van der Waals surface area contributed by atoms with Gasteiger partial charge in [-0.25, -0.2) is 4.39 Å². The van der Waals surface area contributed by atoms with E-state index in [1.807, 2.05) is 19.9 Å². The molecule has 0 amide bonds. The van der Waals surface area contributed by atoms with E-state index >= 15 is 0 Å². The highest BCUT2D eigenvalue weighted by Crippen LogP contribution is 2.18. The SMILES string of the molecule is COCCNCc1ccc(OCCOC(C)C)c(F)c1. The van der Waals surface area contributed by atoms with Crippen molar-refractivity contribution in [3.63, 3.8) is 0 Å². The smallest absolute Gasteiger partial charge is 0.165 e. The fourth-order valence-electron chi connectivity index (χ4n) is 1.61. The highest BCUT2D eigenvalue weighted by atomic mass is 19.1. The Morgan fingerprint density at radius 3 is 2.65 bits per heavy atom. The molecule has 4 nitrogen and oxygen atoms in total. The molecule has 0 radical (unpaired) electrons. The van der Waals surface area contributed by atoms with Crippen molar-refractivity contribution in [3.8, 4) is 5.75 Å². The van der Waals surface area contributed by atoms with Crippen molar-refractivity contribution in [1.29, 1.82) is 0 Å². The first-order chi connectivity index (χ1) is 9.63. The van der Waals surface area contributed by atoms with Crippen LogP contribution < -0.4 is 10.1 Å². The van der Waals surface area contributed by atoms with E-state index in [0.717, 1.165) is 12.1 Å². The molecule has 0 bridgehead atoms. The summed E-state index contributed by atoms with van der Waals surface area (Å²) in [5.41, 5.74) is 0.879. The summed E-state index contributed by atoms with van der Waals surface area (Å²) in [6.07, 6.45) is 0.156. The van der Waals surface area contributed by atoms with Crippen LogP contribution in [0.4, 0.5) is 4.39 Å². The van der Waals surface area contributed by atoms with Gasteiger partial charge in [0.2, 0.25) is 0 Å². The van der Waals surface area contributed by atoms with Crippen molar-refractivity contribution < 1.29 is 18.6 Å². The predicted octanol–water partition coefficient (Wildman–Crippen LogP) is 2.37. The molecule has 0 saturated heterocycles. The first-order valence-corrected chi connectivity index (χ1v) is 6.86. The molecule has 0 aliphatic rings. The fourth-order valence-corrected chi connectivity index (χ4v) is 1.61. The minimum atomic E-state index is -0.347. The van der Waals surface area contributed by atoms with Crippen molar-refractivity contribution >= 4 is 0 Å². The summed E-state index contributed by atoms with van der Waals surface area (Å²) in [5, 5.41) is 3.16. The lowest BCUT2D eigenvalue weighted by Gasteiger charge is -2.11. The lowest BCUT2D eigenvalue weighted by Crippen LogP contribution is -2.18. The molecule has 0 atom stereocenters. The largest absolute Gasteiger partial charge is 0.488 e. The summed E-state index contributed by atoms with van der Waals surface area (Å²) in [6.45, 7) is 6.69. The third-order valence-electron chi connectivity index (χ3n) is 2.60. The van der Waals surface area contributed by atoms with E-state index in [1.165, 1.54) is 6.07 Å². The summed E-state index contributed by atoms with van der Waals surface area (Å²) in [6, 6.07) is 4.98. The van der Waals surface area contributed by atoms with Crippen LogP contribution in [0, 0.1) is 5.82 Å². The lowest BCUT2D eigenvalue weighted by molar-refractivity contribution is 0.0544. The molecule has 1 N–H and O–H groups in total. The van der Waals surface area contributed by atoms with Crippen molar-refractivity contribution in [2.75, 3.05) is 33.5 Å². The van der Waals surface area contributed by atoms with Crippen molar-refractivity contribution in [3.05, 3.63) is 29.6 Å². The first-order valence-electron chi connectivity index (χ1n) is 6.86. The third-order valence-corrected chi connectivity index (χ3v) is 2.60. The number of halogens is 1. The van der Waals surface area contributed by atoms with Gasteiger partial charge in [-0.2, -0.15) is 0 Å². The third kappa shape index (κ3) is 6.84. The van der Waals surface area contributed by atoms with Crippen LogP contribution in [0.3, 0.4) is 0 Å². The molecular weight excluding hydrogens is 261 g/mol. The van der Waals surface area contributed by atoms with Gasteiger partial charge in [0.25, 0.3) is 0 Å². The summed E-state index contributed by atoms with van der Waals surface area (Å²) in [5.74, 6) is -0.0846. The Balaban J connectivity index is 2.35. The molecule has 0 fully saturated rings. The van der Waals surface area contributed by atoms with E-state index in [9.17, 15) is 4.39 Å². The zero-order valence-electron chi connectivity index (χ0n) is 12.4. The number of nitrogens with one attached hydrogen (secondary N) is 1. The molecule has 0 saturated carbocycles. The molecule has 0 spiro atoms. The second-order valence-corrected chi connectivity index (χ2v) is 4.70. The molecule has 1 aromatic rings. The number of hydrogen-bond acceptors (Lipinski definition) is 4. The maximum atomic E-state index is 13.8. The van der Waals surface area contributed by atoms with Crippen LogP contribution in [0.5, 0.6) is 5.75 Å². The fraction of sp³-hybridized carbons (Fsp3) is 0.600. The van der Waals surface area contributed by atoms with Gasteiger partial charge in [-0.15, -0.1) is 0 Å². The summed E-state index contributed by atoms with van der Waals surface area (Å²) < 4.78 is 29.4. The van der Waals surface area contributed by atoms with E-state index in [2.05, 4.69) is 5.32 Å². The molecule has 0 unspecified atom stereocenters. The van der Waals surface area contributed by atoms with Gasteiger partial charge in [-0.05, 0) is 31.5 Å². The zero-order valence-corrected chi connectivity index (χ0v) is 12.4. The highest BCUT2D eigenvalue weighted by molar-refractivity contribution is 5.29. The van der Waals surface area contributed by atoms with Gasteiger partial charge in [0.15, 0.2) is 11.6 Å². The van der Waals surface area contributed by atoms with Gasteiger partial charge in [0.05, 0.1) is 19.3 Å². The summed E-state index contributed by atoms with van der Waals surface area (Å²) in [7, 11) is 1.65. The van der Waals surface area contributed by atoms with Gasteiger partial charge >= 0.3 is 0 Å². The monoisotopic (exact) mass is 285 g/mol. The maximum Gasteiger partial charge on any atom is 0.165 e. The molecule has 0 aliphatic carbocycles. The van der Waals surface area contributed by atoms with Crippen molar-refractivity contribution in [2.45, 2.75) is 26.5 Å². The minimum absolute atomic E-state index is 0.156. The van der Waals surface area contributed by atoms with Crippen LogP contribution in [0.2, 0.25) is 0 Å². The molecule has 0 aliphatic heterocycles. The normalized spacial score (nSPS) is 11.1. The first kappa shape index (κ1) is 16.9. The Morgan fingerprint density at radius 1 is 1.20 bits per heavy atom. The van der Waals surface area contributed by atoms with Crippen molar-refractivity contribution in [1.82, 2.24) is 5.32 Å². The van der Waals surface area contributed by atoms with Crippen LogP contribution in [-0.2, 0) is 16.0 Å². The molecule has 0 heterocycles. The molecule has 1 rings (SSSR count). The minimum Gasteiger partial charge on any atom is -0.488 e. The summed E-state index contributed by atoms with van der Waals surface area (Å²) >= 11 is 0. The Kier molecular flexibility index (Phi) is 8.18. The van der Waals surface area contributed by atoms with Crippen LogP contribution in [0.15, 0.2) is 18.2 Å². The Labute approximate surface area is 120 Å². The van der Waals surface area contributed by atoms with Crippen LogP contribution in [0.25, 0.3) is 0 Å². The van der Waals surface area contributed by atoms with E-state index in [0.29, 0.717) is 26.4 Å². The Morgan fingerprint density at radius 2 is 2.00 bits per heavy atom. The number of benzene rings is 1. The van der Waals surface area contributed by atoms with Gasteiger partial charge in [-0.3, -0.25) is 0 Å². The summed E-state index contributed by atoms with van der Waals surface area (Å²) in [4.78, 5) is 0.